The summed E-state index contributed by atoms with van der Waals surface area (Å²) >= 11 is 5.70. The number of carbonyl (C=O) groups excluding carboxylic acids is 1. The second-order valence-electron chi connectivity index (χ2n) is 3.81. The zero-order chi connectivity index (χ0) is 11.5. The first-order valence-electron chi connectivity index (χ1n) is 4.49. The fraction of sp³-hybridized carbons (Fsp3) is 0.364. The van der Waals surface area contributed by atoms with Crippen molar-refractivity contribution in [3.05, 3.63) is 28.8 Å². The van der Waals surface area contributed by atoms with Gasteiger partial charge in [0.25, 0.3) is 0 Å². The lowest BCUT2D eigenvalue weighted by Gasteiger charge is -2.16. The monoisotopic (exact) mass is 230 g/mol. The van der Waals surface area contributed by atoms with Crippen molar-refractivity contribution in [3.63, 3.8) is 0 Å². The van der Waals surface area contributed by atoms with Gasteiger partial charge in [-0.15, -0.1) is 0 Å². The molecular weight excluding hydrogens is 219 g/mol. The highest BCUT2D eigenvalue weighted by atomic mass is 35.5. The van der Waals surface area contributed by atoms with Gasteiger partial charge in [-0.3, -0.25) is 4.79 Å². The van der Waals surface area contributed by atoms with E-state index in [0.29, 0.717) is 22.6 Å². The van der Waals surface area contributed by atoms with Crippen molar-refractivity contribution in [2.75, 3.05) is 6.61 Å². The predicted molar refractivity (Wildman–Crippen MR) is 57.5 cm³/mol. The zero-order valence-corrected chi connectivity index (χ0v) is 9.34. The van der Waals surface area contributed by atoms with Crippen LogP contribution in [0.3, 0.4) is 0 Å². The van der Waals surface area contributed by atoms with Crippen LogP contribution in [0.4, 0.5) is 4.39 Å². The number of hydrogen-bond donors (Lipinski definition) is 0. The summed E-state index contributed by atoms with van der Waals surface area (Å²) in [6.07, 6.45) is 0.631. The third kappa shape index (κ3) is 3.88. The Morgan fingerprint density at radius 3 is 2.73 bits per heavy atom. The number of rotatable bonds is 4. The van der Waals surface area contributed by atoms with Crippen molar-refractivity contribution in [1.82, 2.24) is 0 Å². The van der Waals surface area contributed by atoms with Crippen LogP contribution in [0.2, 0.25) is 5.02 Å². The van der Waals surface area contributed by atoms with Crippen molar-refractivity contribution in [3.8, 4) is 5.75 Å². The Bertz CT molecular complexity index is 358. The van der Waals surface area contributed by atoms with Gasteiger partial charge in [0.15, 0.2) is 6.29 Å². The third-order valence-corrected chi connectivity index (χ3v) is 1.90. The van der Waals surface area contributed by atoms with E-state index in [1.54, 1.807) is 12.1 Å². The minimum absolute atomic E-state index is 0.102. The molecule has 0 heterocycles. The molecule has 2 nitrogen and oxygen atoms in total. The molecule has 0 saturated heterocycles. The Morgan fingerprint density at radius 1 is 1.53 bits per heavy atom. The molecule has 1 rings (SSSR count). The van der Waals surface area contributed by atoms with Gasteiger partial charge < -0.3 is 4.74 Å². The van der Waals surface area contributed by atoms with Crippen molar-refractivity contribution in [2.24, 2.45) is 0 Å². The van der Waals surface area contributed by atoms with E-state index >= 15 is 0 Å². The molecule has 82 valence electrons. The molecule has 0 bridgehead atoms. The van der Waals surface area contributed by atoms with Gasteiger partial charge in [0.1, 0.15) is 18.0 Å². The van der Waals surface area contributed by atoms with Gasteiger partial charge in [-0.25, -0.2) is 4.39 Å². The van der Waals surface area contributed by atoms with Crippen LogP contribution in [0.1, 0.15) is 24.2 Å². The lowest BCUT2D eigenvalue weighted by Crippen LogP contribution is -2.22. The molecule has 0 aliphatic heterocycles. The average molecular weight is 231 g/mol. The summed E-state index contributed by atoms with van der Waals surface area (Å²) in [5, 5.41) is 0.448. The molecule has 0 aromatic heterocycles. The summed E-state index contributed by atoms with van der Waals surface area (Å²) in [6, 6.07) is 4.63. The van der Waals surface area contributed by atoms with Gasteiger partial charge >= 0.3 is 0 Å². The molecular formula is C11H12ClFO2. The molecule has 0 spiro atoms. The first-order valence-corrected chi connectivity index (χ1v) is 4.86. The third-order valence-electron chi connectivity index (χ3n) is 1.67. The van der Waals surface area contributed by atoms with E-state index in [4.69, 9.17) is 16.3 Å². The number of halogens is 2. The lowest BCUT2D eigenvalue weighted by molar-refractivity contribution is 0.109. The van der Waals surface area contributed by atoms with Crippen molar-refractivity contribution < 1.29 is 13.9 Å². The summed E-state index contributed by atoms with van der Waals surface area (Å²) in [5.74, 6) is 0.347. The van der Waals surface area contributed by atoms with Crippen LogP contribution < -0.4 is 4.74 Å². The Morgan fingerprint density at radius 2 is 2.20 bits per heavy atom. The predicted octanol–water partition coefficient (Wildman–Crippen LogP) is 3.28. The molecule has 0 N–H and O–H groups in total. The van der Waals surface area contributed by atoms with E-state index in [9.17, 15) is 9.18 Å². The second kappa shape index (κ2) is 4.62. The van der Waals surface area contributed by atoms with E-state index < -0.39 is 5.67 Å². The fourth-order valence-electron chi connectivity index (χ4n) is 0.992. The van der Waals surface area contributed by atoms with Gasteiger partial charge in [0.05, 0.1) is 5.56 Å². The summed E-state index contributed by atoms with van der Waals surface area (Å²) in [4.78, 5) is 10.7. The largest absolute Gasteiger partial charge is 0.490 e. The Hall–Kier alpha value is -1.09. The first-order chi connectivity index (χ1) is 6.92. The summed E-state index contributed by atoms with van der Waals surface area (Å²) in [6.45, 7) is 2.71. The van der Waals surface area contributed by atoms with Gasteiger partial charge in [0, 0.05) is 5.02 Å². The molecule has 0 fully saturated rings. The minimum atomic E-state index is -1.43. The topological polar surface area (TPSA) is 26.3 Å². The lowest BCUT2D eigenvalue weighted by atomic mass is 10.2. The van der Waals surface area contributed by atoms with Crippen LogP contribution >= 0.6 is 11.6 Å². The summed E-state index contributed by atoms with van der Waals surface area (Å²) < 4.78 is 18.3. The maximum atomic E-state index is 13.2. The van der Waals surface area contributed by atoms with Gasteiger partial charge in [-0.1, -0.05) is 11.6 Å². The van der Waals surface area contributed by atoms with Crippen LogP contribution in [-0.4, -0.2) is 18.6 Å². The molecule has 1 aromatic rings. The minimum Gasteiger partial charge on any atom is -0.490 e. The maximum Gasteiger partial charge on any atom is 0.153 e. The fourth-order valence-corrected chi connectivity index (χ4v) is 1.17. The summed E-state index contributed by atoms with van der Waals surface area (Å²) in [5.41, 5.74) is -1.11. The quantitative estimate of drug-likeness (QED) is 0.742. The standard InChI is InChI=1S/C11H12ClFO2/c1-11(2,13)7-15-10-4-3-9(12)5-8(10)6-14/h3-6H,7H2,1-2H3. The van der Waals surface area contributed by atoms with Crippen LogP contribution in [0.5, 0.6) is 5.75 Å². The smallest absolute Gasteiger partial charge is 0.153 e. The number of aldehydes is 1. The van der Waals surface area contributed by atoms with Crippen LogP contribution in [0.15, 0.2) is 18.2 Å². The second-order valence-corrected chi connectivity index (χ2v) is 4.24. The molecule has 15 heavy (non-hydrogen) atoms. The molecule has 0 aliphatic rings. The van der Waals surface area contributed by atoms with Crippen LogP contribution in [0, 0.1) is 0 Å². The Labute approximate surface area is 93.0 Å². The van der Waals surface area contributed by atoms with Crippen molar-refractivity contribution >= 4 is 17.9 Å². The molecule has 0 unspecified atom stereocenters. The van der Waals surface area contributed by atoms with Gasteiger partial charge in [-0.2, -0.15) is 0 Å². The Balaban J connectivity index is 2.81. The molecule has 4 heteroatoms. The van der Waals surface area contributed by atoms with E-state index in [1.165, 1.54) is 19.9 Å². The molecule has 1 aromatic carbocycles. The number of ether oxygens (including phenoxy) is 1. The van der Waals surface area contributed by atoms with E-state index in [-0.39, 0.29) is 6.61 Å². The van der Waals surface area contributed by atoms with Crippen LogP contribution in [0.25, 0.3) is 0 Å². The highest BCUT2D eigenvalue weighted by Gasteiger charge is 2.17. The number of benzene rings is 1. The Kier molecular flexibility index (Phi) is 3.69. The van der Waals surface area contributed by atoms with Gasteiger partial charge in [-0.05, 0) is 32.0 Å². The molecule has 0 radical (unpaired) electrons. The normalized spacial score (nSPS) is 11.2. The highest BCUT2D eigenvalue weighted by molar-refractivity contribution is 6.30. The van der Waals surface area contributed by atoms with Crippen molar-refractivity contribution in [2.45, 2.75) is 19.5 Å². The number of hydrogen-bond acceptors (Lipinski definition) is 2. The number of alkyl halides is 1. The van der Waals surface area contributed by atoms with Crippen LogP contribution in [-0.2, 0) is 0 Å². The molecule has 0 amide bonds. The maximum absolute atomic E-state index is 13.2. The molecule has 0 atom stereocenters. The summed E-state index contributed by atoms with van der Waals surface area (Å²) in [7, 11) is 0. The molecule has 0 saturated carbocycles. The average Bonchev–Trinajstić information content (AvgIpc) is 2.14. The zero-order valence-electron chi connectivity index (χ0n) is 8.59. The SMILES string of the molecule is CC(C)(F)COc1ccc(Cl)cc1C=O. The van der Waals surface area contributed by atoms with E-state index in [0.717, 1.165) is 0 Å². The van der Waals surface area contributed by atoms with E-state index in [2.05, 4.69) is 0 Å². The van der Waals surface area contributed by atoms with Gasteiger partial charge in [0.2, 0.25) is 0 Å². The first kappa shape index (κ1) is 12.0. The molecule has 0 aliphatic carbocycles. The van der Waals surface area contributed by atoms with E-state index in [1.807, 2.05) is 0 Å². The highest BCUT2D eigenvalue weighted by Crippen LogP contribution is 2.22. The number of carbonyl (C=O) groups is 1. The van der Waals surface area contributed by atoms with Crippen molar-refractivity contribution in [1.29, 1.82) is 0 Å².